The summed E-state index contributed by atoms with van der Waals surface area (Å²) in [4.78, 5) is 15.1. The lowest BCUT2D eigenvalue weighted by Gasteiger charge is -2.57. The minimum Gasteiger partial charge on any atom is -0.307 e. The molecule has 6 heteroatoms. The van der Waals surface area contributed by atoms with Gasteiger partial charge in [0.15, 0.2) is 0 Å². The zero-order chi connectivity index (χ0) is 23.7. The van der Waals surface area contributed by atoms with Crippen molar-refractivity contribution in [2.24, 2.45) is 17.8 Å². The highest BCUT2D eigenvalue weighted by atomic mass is 32.2. The molecule has 2 aromatic rings. The standard InChI is InChI=1S/C28H34N2O3S/c1-19-11-23-5-3-4-6-26(23)30(19)27(31)18-29(34(2,32)33)25-9-7-24(8-10-25)28-15-20-12-21(16-28)14-22(13-20)17-28/h3-10,19-22H,11-18H2,1-2H3. The number of fused-ring (bicyclic) bond motifs is 1. The molecule has 4 saturated carbocycles. The maximum Gasteiger partial charge on any atom is 0.248 e. The summed E-state index contributed by atoms with van der Waals surface area (Å²) in [6.45, 7) is 1.83. The van der Waals surface area contributed by atoms with Crippen molar-refractivity contribution in [3.63, 3.8) is 0 Å². The van der Waals surface area contributed by atoms with Crippen LogP contribution < -0.4 is 9.21 Å². The van der Waals surface area contributed by atoms with Crippen LogP contribution in [-0.4, -0.2) is 33.2 Å². The molecule has 5 aliphatic rings. The van der Waals surface area contributed by atoms with Crippen molar-refractivity contribution >= 4 is 27.3 Å². The van der Waals surface area contributed by atoms with Gasteiger partial charge in [0.25, 0.3) is 0 Å². The van der Waals surface area contributed by atoms with Gasteiger partial charge in [0, 0.05) is 11.7 Å². The van der Waals surface area contributed by atoms with Crippen molar-refractivity contribution < 1.29 is 13.2 Å². The number of benzene rings is 2. The fourth-order valence-corrected chi connectivity index (χ4v) is 8.84. The summed E-state index contributed by atoms with van der Waals surface area (Å²) in [5.74, 6) is 2.40. The van der Waals surface area contributed by atoms with Gasteiger partial charge in [-0.15, -0.1) is 0 Å². The lowest BCUT2D eigenvalue weighted by molar-refractivity contribution is -0.117. The normalized spacial score (nSPS) is 31.5. The monoisotopic (exact) mass is 478 g/mol. The minimum atomic E-state index is -3.61. The lowest BCUT2D eigenvalue weighted by atomic mass is 9.48. The van der Waals surface area contributed by atoms with Crippen molar-refractivity contribution in [1.29, 1.82) is 0 Å². The number of anilines is 2. The number of hydrogen-bond acceptors (Lipinski definition) is 3. The first kappa shape index (κ1) is 22.1. The summed E-state index contributed by atoms with van der Waals surface area (Å²) in [7, 11) is -3.61. The number of nitrogens with zero attached hydrogens (tertiary/aromatic N) is 2. The molecule has 2 aromatic carbocycles. The summed E-state index contributed by atoms with van der Waals surface area (Å²) in [6.07, 6.45) is 10.0. The average Bonchev–Trinajstić information content (AvgIpc) is 3.11. The second-order valence-electron chi connectivity index (χ2n) is 11.5. The molecule has 1 unspecified atom stereocenters. The van der Waals surface area contributed by atoms with Crippen molar-refractivity contribution in [3.05, 3.63) is 59.7 Å². The molecule has 0 N–H and O–H groups in total. The molecular weight excluding hydrogens is 444 g/mol. The zero-order valence-electron chi connectivity index (χ0n) is 20.1. The van der Waals surface area contributed by atoms with E-state index < -0.39 is 10.0 Å². The van der Waals surface area contributed by atoms with E-state index in [2.05, 4.69) is 12.1 Å². The highest BCUT2D eigenvalue weighted by molar-refractivity contribution is 7.92. The topological polar surface area (TPSA) is 57.7 Å². The van der Waals surface area contributed by atoms with Gasteiger partial charge in [0.2, 0.25) is 15.9 Å². The van der Waals surface area contributed by atoms with E-state index in [4.69, 9.17) is 0 Å². The van der Waals surface area contributed by atoms with Crippen LogP contribution in [0.1, 0.15) is 56.6 Å². The Morgan fingerprint density at radius 3 is 2.15 bits per heavy atom. The van der Waals surface area contributed by atoms with Crippen molar-refractivity contribution in [2.45, 2.75) is 63.3 Å². The number of rotatable bonds is 5. The first-order chi connectivity index (χ1) is 16.2. The second kappa shape index (κ2) is 7.84. The number of carbonyl (C=O) groups excluding carboxylic acids is 1. The molecule has 34 heavy (non-hydrogen) atoms. The molecule has 0 radical (unpaired) electrons. The van der Waals surface area contributed by atoms with Gasteiger partial charge in [-0.25, -0.2) is 8.42 Å². The Kier molecular flexibility index (Phi) is 5.11. The lowest BCUT2D eigenvalue weighted by Crippen LogP contribution is -2.48. The maximum absolute atomic E-state index is 13.4. The van der Waals surface area contributed by atoms with Crippen LogP contribution in [0.4, 0.5) is 11.4 Å². The van der Waals surface area contributed by atoms with E-state index in [1.807, 2.05) is 43.3 Å². The Balaban J connectivity index is 1.26. The molecule has 0 saturated heterocycles. The van der Waals surface area contributed by atoms with Crippen LogP contribution in [0, 0.1) is 17.8 Å². The van der Waals surface area contributed by atoms with Gasteiger partial charge < -0.3 is 4.90 Å². The molecule has 1 amide bonds. The molecule has 1 aliphatic heterocycles. The summed E-state index contributed by atoms with van der Waals surface area (Å²) >= 11 is 0. The molecule has 7 rings (SSSR count). The number of para-hydroxylation sites is 1. The van der Waals surface area contributed by atoms with E-state index in [-0.39, 0.29) is 23.9 Å². The van der Waals surface area contributed by atoms with Crippen LogP contribution in [0.25, 0.3) is 0 Å². The number of sulfonamides is 1. The molecule has 5 nitrogen and oxygen atoms in total. The van der Waals surface area contributed by atoms with Crippen molar-refractivity contribution in [1.82, 2.24) is 0 Å². The fraction of sp³-hybridized carbons (Fsp3) is 0.536. The van der Waals surface area contributed by atoms with E-state index >= 15 is 0 Å². The Morgan fingerprint density at radius 2 is 1.56 bits per heavy atom. The van der Waals surface area contributed by atoms with Gasteiger partial charge in [-0.3, -0.25) is 9.10 Å². The zero-order valence-corrected chi connectivity index (χ0v) is 20.9. The van der Waals surface area contributed by atoms with Gasteiger partial charge in [0.1, 0.15) is 6.54 Å². The fourth-order valence-electron chi connectivity index (χ4n) is 7.99. The van der Waals surface area contributed by atoms with Gasteiger partial charge in [-0.2, -0.15) is 0 Å². The van der Waals surface area contributed by atoms with Gasteiger partial charge >= 0.3 is 0 Å². The highest BCUT2D eigenvalue weighted by Gasteiger charge is 2.51. The summed E-state index contributed by atoms with van der Waals surface area (Å²) < 4.78 is 26.8. The number of carbonyl (C=O) groups is 1. The van der Waals surface area contributed by atoms with Crippen molar-refractivity contribution in [3.8, 4) is 0 Å². The molecular formula is C28H34N2O3S. The first-order valence-corrected chi connectivity index (χ1v) is 14.5. The smallest absolute Gasteiger partial charge is 0.248 e. The SMILES string of the molecule is CC1Cc2ccccc2N1C(=O)CN(c1ccc(C23CC4CC(CC(C4)C2)C3)cc1)S(C)(=O)=O. The summed E-state index contributed by atoms with van der Waals surface area (Å²) in [6, 6.07) is 16.0. The van der Waals surface area contributed by atoms with Crippen LogP contribution in [-0.2, 0) is 26.7 Å². The molecule has 0 aromatic heterocycles. The Labute approximate surface area is 203 Å². The Hall–Kier alpha value is -2.34. The van der Waals surface area contributed by atoms with Crippen molar-refractivity contribution in [2.75, 3.05) is 22.0 Å². The molecule has 0 spiro atoms. The Morgan fingerprint density at radius 1 is 0.971 bits per heavy atom. The van der Waals surface area contributed by atoms with Crippen LogP contribution in [0.15, 0.2) is 48.5 Å². The van der Waals surface area contributed by atoms with E-state index in [9.17, 15) is 13.2 Å². The largest absolute Gasteiger partial charge is 0.307 e. The van der Waals surface area contributed by atoms with Crippen LogP contribution in [0.2, 0.25) is 0 Å². The molecule has 180 valence electrons. The Bertz CT molecular complexity index is 1190. The molecule has 1 atom stereocenters. The predicted molar refractivity (Wildman–Crippen MR) is 136 cm³/mol. The van der Waals surface area contributed by atoms with E-state index in [0.717, 1.165) is 35.4 Å². The predicted octanol–water partition coefficient (Wildman–Crippen LogP) is 4.90. The van der Waals surface area contributed by atoms with Crippen LogP contribution >= 0.6 is 0 Å². The highest BCUT2D eigenvalue weighted by Crippen LogP contribution is 2.60. The summed E-state index contributed by atoms with van der Waals surface area (Å²) in [5, 5.41) is 0. The van der Waals surface area contributed by atoms with E-state index in [1.165, 1.54) is 54.6 Å². The third kappa shape index (κ3) is 3.65. The maximum atomic E-state index is 13.4. The molecule has 4 bridgehead atoms. The molecule has 1 heterocycles. The van der Waals surface area contributed by atoms with Gasteiger partial charge in [0.05, 0.1) is 11.9 Å². The number of amides is 1. The van der Waals surface area contributed by atoms with Gasteiger partial charge in [-0.05, 0) is 104 Å². The van der Waals surface area contributed by atoms with Crippen LogP contribution in [0.5, 0.6) is 0 Å². The number of hydrogen-bond donors (Lipinski definition) is 0. The van der Waals surface area contributed by atoms with Gasteiger partial charge in [-0.1, -0.05) is 30.3 Å². The average molecular weight is 479 g/mol. The third-order valence-electron chi connectivity index (χ3n) is 8.96. The van der Waals surface area contributed by atoms with E-state index in [1.54, 1.807) is 4.90 Å². The molecule has 4 fully saturated rings. The quantitative estimate of drug-likeness (QED) is 0.614. The molecule has 4 aliphatic carbocycles. The first-order valence-electron chi connectivity index (χ1n) is 12.7. The summed E-state index contributed by atoms with van der Waals surface area (Å²) in [5.41, 5.74) is 4.23. The minimum absolute atomic E-state index is 0.0183. The third-order valence-corrected chi connectivity index (χ3v) is 10.1. The second-order valence-corrected chi connectivity index (χ2v) is 13.4. The van der Waals surface area contributed by atoms with Crippen LogP contribution in [0.3, 0.4) is 0 Å². The van der Waals surface area contributed by atoms with E-state index in [0.29, 0.717) is 5.69 Å².